The molecule has 0 aliphatic heterocycles. The van der Waals surface area contributed by atoms with E-state index in [-0.39, 0.29) is 0 Å². The van der Waals surface area contributed by atoms with E-state index < -0.39 is 36.8 Å². The molecule has 0 spiro atoms. The van der Waals surface area contributed by atoms with Crippen LogP contribution >= 0.6 is 0 Å². The maximum absolute atomic E-state index is 10.8. The third-order valence-corrected chi connectivity index (χ3v) is 1.75. The number of aliphatic hydroxyl groups excluding tert-OH is 5. The van der Waals surface area contributed by atoms with Crippen molar-refractivity contribution in [1.82, 2.24) is 0 Å². The summed E-state index contributed by atoms with van der Waals surface area (Å²) in [6, 6.07) is 0. The van der Waals surface area contributed by atoms with Crippen molar-refractivity contribution < 1.29 is 30.3 Å². The molecule has 5 N–H and O–H groups in total. The molecule has 4 atom stereocenters. The van der Waals surface area contributed by atoms with E-state index in [1.165, 1.54) is 0 Å². The highest BCUT2D eigenvalue weighted by molar-refractivity contribution is 5.93. The Kier molecular flexibility index (Phi) is 5.51. The predicted molar refractivity (Wildman–Crippen MR) is 46.3 cm³/mol. The van der Waals surface area contributed by atoms with E-state index in [9.17, 15) is 4.79 Å². The van der Waals surface area contributed by atoms with Crippen LogP contribution in [0, 0.1) is 0 Å². The maximum Gasteiger partial charge on any atom is 0.186 e. The number of rotatable bonds is 6. The molecular weight excluding hydrogens is 192 g/mol. The first kappa shape index (κ1) is 13.2. The van der Waals surface area contributed by atoms with Gasteiger partial charge in [0.1, 0.15) is 24.4 Å². The first-order valence-electron chi connectivity index (χ1n) is 3.95. The van der Waals surface area contributed by atoms with Gasteiger partial charge in [-0.25, -0.2) is 0 Å². The lowest BCUT2D eigenvalue weighted by atomic mass is 10.0. The minimum atomic E-state index is -1.86. The Morgan fingerprint density at radius 1 is 1.21 bits per heavy atom. The van der Waals surface area contributed by atoms with Gasteiger partial charge in [-0.15, -0.1) is 0 Å². The molecule has 0 radical (unpaired) electrons. The SMILES string of the molecule is C=CC(=O)[C@@H](O)[C@@H](O)[C@H](O)[C@H](O)CO. The van der Waals surface area contributed by atoms with Crippen molar-refractivity contribution in [2.45, 2.75) is 24.4 Å². The lowest BCUT2D eigenvalue weighted by Crippen LogP contribution is -2.48. The van der Waals surface area contributed by atoms with Gasteiger partial charge in [0.15, 0.2) is 5.78 Å². The van der Waals surface area contributed by atoms with Crippen LogP contribution in [0.3, 0.4) is 0 Å². The molecule has 0 rings (SSSR count). The van der Waals surface area contributed by atoms with Crippen molar-refractivity contribution in [3.63, 3.8) is 0 Å². The van der Waals surface area contributed by atoms with Gasteiger partial charge in [0.05, 0.1) is 6.61 Å². The molecule has 0 aromatic carbocycles. The highest BCUT2D eigenvalue weighted by atomic mass is 16.4. The third kappa shape index (κ3) is 3.17. The molecule has 0 fully saturated rings. The van der Waals surface area contributed by atoms with Crippen LogP contribution in [0.4, 0.5) is 0 Å². The lowest BCUT2D eigenvalue weighted by Gasteiger charge is -2.23. The Morgan fingerprint density at radius 3 is 2.07 bits per heavy atom. The van der Waals surface area contributed by atoms with Gasteiger partial charge in [0.25, 0.3) is 0 Å². The molecule has 0 unspecified atom stereocenters. The van der Waals surface area contributed by atoms with Gasteiger partial charge in [-0.3, -0.25) is 4.79 Å². The molecule has 6 heteroatoms. The summed E-state index contributed by atoms with van der Waals surface area (Å²) in [4.78, 5) is 10.8. The first-order valence-corrected chi connectivity index (χ1v) is 3.95. The van der Waals surface area contributed by atoms with Crippen molar-refractivity contribution in [1.29, 1.82) is 0 Å². The van der Waals surface area contributed by atoms with E-state index in [0.717, 1.165) is 6.08 Å². The van der Waals surface area contributed by atoms with E-state index >= 15 is 0 Å². The van der Waals surface area contributed by atoms with Crippen molar-refractivity contribution in [3.8, 4) is 0 Å². The summed E-state index contributed by atoms with van der Waals surface area (Å²) in [5.74, 6) is -0.873. The van der Waals surface area contributed by atoms with E-state index in [1.807, 2.05) is 0 Å². The monoisotopic (exact) mass is 206 g/mol. The van der Waals surface area contributed by atoms with Crippen LogP contribution < -0.4 is 0 Å². The fourth-order valence-electron chi connectivity index (χ4n) is 0.811. The zero-order valence-corrected chi connectivity index (χ0v) is 7.45. The summed E-state index contributed by atoms with van der Waals surface area (Å²) in [5.41, 5.74) is 0. The third-order valence-electron chi connectivity index (χ3n) is 1.75. The Bertz CT molecular complexity index is 204. The number of hydrogen-bond donors (Lipinski definition) is 5. The molecule has 6 nitrogen and oxygen atoms in total. The van der Waals surface area contributed by atoms with Gasteiger partial charge in [-0.05, 0) is 6.08 Å². The summed E-state index contributed by atoms with van der Waals surface area (Å²) < 4.78 is 0. The second kappa shape index (κ2) is 5.84. The fraction of sp³-hybridized carbons (Fsp3) is 0.625. The lowest BCUT2D eigenvalue weighted by molar-refractivity contribution is -0.142. The molecule has 0 bridgehead atoms. The van der Waals surface area contributed by atoms with Crippen LogP contribution in [0.2, 0.25) is 0 Å². The van der Waals surface area contributed by atoms with Gasteiger partial charge in [-0.1, -0.05) is 6.58 Å². The topological polar surface area (TPSA) is 118 Å². The van der Waals surface area contributed by atoms with Crippen LogP contribution in [0.25, 0.3) is 0 Å². The highest BCUT2D eigenvalue weighted by Gasteiger charge is 2.32. The van der Waals surface area contributed by atoms with E-state index in [1.54, 1.807) is 0 Å². The smallest absolute Gasteiger partial charge is 0.186 e. The molecule has 0 aliphatic rings. The molecule has 0 aliphatic carbocycles. The van der Waals surface area contributed by atoms with E-state index in [2.05, 4.69) is 6.58 Å². The Labute approximate surface area is 80.7 Å². The van der Waals surface area contributed by atoms with Crippen molar-refractivity contribution in [3.05, 3.63) is 12.7 Å². The van der Waals surface area contributed by atoms with Gasteiger partial charge < -0.3 is 25.5 Å². The van der Waals surface area contributed by atoms with Gasteiger partial charge in [0.2, 0.25) is 0 Å². The minimum absolute atomic E-state index is 0.784. The Balaban J connectivity index is 4.37. The average molecular weight is 206 g/mol. The summed E-state index contributed by atoms with van der Waals surface area (Å²) in [5, 5.41) is 44.6. The van der Waals surface area contributed by atoms with Crippen LogP contribution in [0.15, 0.2) is 12.7 Å². The second-order valence-electron chi connectivity index (χ2n) is 2.78. The number of carbonyl (C=O) groups excluding carboxylic acids is 1. The molecular formula is C8H14O6. The predicted octanol–water partition coefficient (Wildman–Crippen LogP) is -2.82. The highest BCUT2D eigenvalue weighted by Crippen LogP contribution is 2.06. The van der Waals surface area contributed by atoms with Crippen LogP contribution in [0.1, 0.15) is 0 Å². The van der Waals surface area contributed by atoms with E-state index in [0.29, 0.717) is 0 Å². The zero-order valence-electron chi connectivity index (χ0n) is 7.45. The average Bonchev–Trinajstić information content (AvgIpc) is 2.23. The first-order chi connectivity index (χ1) is 6.45. The largest absolute Gasteiger partial charge is 0.394 e. The molecule has 0 saturated heterocycles. The fourth-order valence-corrected chi connectivity index (χ4v) is 0.811. The molecule has 14 heavy (non-hydrogen) atoms. The number of carbonyl (C=O) groups is 1. The minimum Gasteiger partial charge on any atom is -0.394 e. The Morgan fingerprint density at radius 2 is 1.71 bits per heavy atom. The van der Waals surface area contributed by atoms with Crippen LogP contribution in [0.5, 0.6) is 0 Å². The summed E-state index contributed by atoms with van der Waals surface area (Å²) in [6.07, 6.45) is -6.34. The van der Waals surface area contributed by atoms with Crippen molar-refractivity contribution in [2.75, 3.05) is 6.61 Å². The molecule has 82 valence electrons. The number of aliphatic hydroxyl groups is 5. The Hall–Kier alpha value is -0.790. The molecule has 0 heterocycles. The summed E-state index contributed by atoms with van der Waals surface area (Å²) in [7, 11) is 0. The maximum atomic E-state index is 10.8. The van der Waals surface area contributed by atoms with Gasteiger partial charge in [0, 0.05) is 0 Å². The van der Waals surface area contributed by atoms with Crippen LogP contribution in [-0.2, 0) is 4.79 Å². The van der Waals surface area contributed by atoms with Crippen LogP contribution in [-0.4, -0.2) is 62.3 Å². The normalized spacial score (nSPS) is 19.5. The summed E-state index contributed by atoms with van der Waals surface area (Å²) >= 11 is 0. The molecule has 0 amide bonds. The van der Waals surface area contributed by atoms with Gasteiger partial charge in [-0.2, -0.15) is 0 Å². The molecule has 0 saturated carbocycles. The second-order valence-corrected chi connectivity index (χ2v) is 2.78. The van der Waals surface area contributed by atoms with Crippen molar-refractivity contribution in [2.24, 2.45) is 0 Å². The van der Waals surface area contributed by atoms with Crippen molar-refractivity contribution >= 4 is 5.78 Å². The van der Waals surface area contributed by atoms with E-state index in [4.69, 9.17) is 25.5 Å². The quantitative estimate of drug-likeness (QED) is 0.299. The van der Waals surface area contributed by atoms with Gasteiger partial charge >= 0.3 is 0 Å². The number of hydrogen-bond acceptors (Lipinski definition) is 6. The summed E-state index contributed by atoms with van der Waals surface area (Å²) in [6.45, 7) is 2.29. The standard InChI is InChI=1S/C8H14O6/c1-2-4(10)6(12)8(14)7(13)5(11)3-9/h2,5-9,11-14H,1,3H2/t5-,6-,7-,8-/m1/s1. The molecule has 0 aromatic rings. The number of ketones is 1. The molecule has 0 aromatic heterocycles. The zero-order chi connectivity index (χ0) is 11.3.